The molecule has 2 aliphatic heterocycles. The highest BCUT2D eigenvalue weighted by Crippen LogP contribution is 2.52. The van der Waals surface area contributed by atoms with Crippen LogP contribution in [-0.2, 0) is 14.3 Å². The van der Waals surface area contributed by atoms with Gasteiger partial charge in [-0.2, -0.15) is 0 Å². The van der Waals surface area contributed by atoms with E-state index in [1.807, 2.05) is 0 Å². The minimum absolute atomic E-state index is 0.0628. The highest BCUT2D eigenvalue weighted by molar-refractivity contribution is 5.74. The maximum absolute atomic E-state index is 11.6. The molecule has 4 aliphatic rings. The Balaban J connectivity index is 1.70. The lowest BCUT2D eigenvalue weighted by molar-refractivity contribution is -0.162. The molecule has 3 nitrogen and oxygen atoms in total. The number of rotatable bonds is 0. The van der Waals surface area contributed by atoms with E-state index in [1.54, 1.807) is 0 Å². The van der Waals surface area contributed by atoms with Gasteiger partial charge in [0.25, 0.3) is 0 Å². The molecule has 14 heavy (non-hydrogen) atoms. The van der Waals surface area contributed by atoms with Gasteiger partial charge >= 0.3 is 5.97 Å². The Bertz CT molecular complexity index is 301. The van der Waals surface area contributed by atoms with Crippen molar-refractivity contribution in [1.29, 1.82) is 0 Å². The molecule has 0 N–H and O–H groups in total. The predicted molar refractivity (Wildman–Crippen MR) is 47.5 cm³/mol. The summed E-state index contributed by atoms with van der Waals surface area (Å²) in [4.78, 5) is 11.6. The topological polar surface area (TPSA) is 38.8 Å². The van der Waals surface area contributed by atoms with Gasteiger partial charge in [-0.3, -0.25) is 4.79 Å². The fourth-order valence-electron chi connectivity index (χ4n) is 3.75. The van der Waals surface area contributed by atoms with E-state index in [9.17, 15) is 4.79 Å². The second kappa shape index (κ2) is 2.32. The zero-order valence-electron chi connectivity index (χ0n) is 8.02. The Labute approximate surface area is 82.8 Å². The fourth-order valence-corrected chi connectivity index (χ4v) is 3.75. The molecule has 2 saturated heterocycles. The summed E-state index contributed by atoms with van der Waals surface area (Å²) in [6.07, 6.45) is 5.39. The lowest BCUT2D eigenvalue weighted by atomic mass is 9.88. The highest BCUT2D eigenvalue weighted by Gasteiger charge is 2.56. The number of epoxide rings is 1. The van der Waals surface area contributed by atoms with Crippen LogP contribution in [0.3, 0.4) is 0 Å². The zero-order chi connectivity index (χ0) is 9.28. The normalized spacial score (nSPS) is 58.7. The van der Waals surface area contributed by atoms with E-state index in [1.165, 1.54) is 6.42 Å². The highest BCUT2D eigenvalue weighted by atomic mass is 16.6. The van der Waals surface area contributed by atoms with Crippen molar-refractivity contribution >= 4 is 5.97 Å². The van der Waals surface area contributed by atoms with Crippen molar-refractivity contribution in [3.05, 3.63) is 0 Å². The Kier molecular flexibility index (Phi) is 1.28. The van der Waals surface area contributed by atoms with Crippen LogP contribution in [0.4, 0.5) is 0 Å². The van der Waals surface area contributed by atoms with Gasteiger partial charge in [0, 0.05) is 6.42 Å². The summed E-state index contributed by atoms with van der Waals surface area (Å²) < 4.78 is 11.1. The molecule has 0 radical (unpaired) electrons. The Hall–Kier alpha value is -0.570. The summed E-state index contributed by atoms with van der Waals surface area (Å²) >= 11 is 0. The van der Waals surface area contributed by atoms with Crippen LogP contribution in [-0.4, -0.2) is 24.3 Å². The summed E-state index contributed by atoms with van der Waals surface area (Å²) in [5.41, 5.74) is 0. The SMILES string of the molecule is O=C1O[C@@H]2C[C@@H]3O[C@@H]3C[C@@H]3C[C@H]1C[C@@H]32. The molecular formula is C11H14O3. The van der Waals surface area contributed by atoms with Gasteiger partial charge in [-0.1, -0.05) is 0 Å². The van der Waals surface area contributed by atoms with Crippen LogP contribution < -0.4 is 0 Å². The van der Waals surface area contributed by atoms with Crippen molar-refractivity contribution < 1.29 is 14.3 Å². The van der Waals surface area contributed by atoms with Crippen LogP contribution in [0.2, 0.25) is 0 Å². The molecule has 6 atom stereocenters. The van der Waals surface area contributed by atoms with Gasteiger partial charge in [0.15, 0.2) is 0 Å². The van der Waals surface area contributed by atoms with Crippen LogP contribution in [0.1, 0.15) is 25.7 Å². The second-order valence-corrected chi connectivity index (χ2v) is 5.25. The number of carbonyl (C=O) groups excluding carboxylic acids is 1. The number of fused-ring (bicyclic) bond motifs is 2. The van der Waals surface area contributed by atoms with E-state index in [-0.39, 0.29) is 18.0 Å². The number of carbonyl (C=O) groups is 1. The van der Waals surface area contributed by atoms with Crippen molar-refractivity contribution in [3.8, 4) is 0 Å². The van der Waals surface area contributed by atoms with Crippen molar-refractivity contribution in [2.45, 2.75) is 44.0 Å². The van der Waals surface area contributed by atoms with Crippen molar-refractivity contribution in [3.63, 3.8) is 0 Å². The van der Waals surface area contributed by atoms with Crippen LogP contribution in [0.5, 0.6) is 0 Å². The molecule has 2 heterocycles. The van der Waals surface area contributed by atoms with Gasteiger partial charge in [0.1, 0.15) is 6.10 Å². The maximum atomic E-state index is 11.6. The molecule has 4 fully saturated rings. The van der Waals surface area contributed by atoms with Crippen LogP contribution in [0.25, 0.3) is 0 Å². The number of esters is 1. The van der Waals surface area contributed by atoms with Gasteiger partial charge in [-0.15, -0.1) is 0 Å². The quantitative estimate of drug-likeness (QED) is 0.428. The third kappa shape index (κ3) is 0.888. The molecule has 2 aliphatic carbocycles. The van der Waals surface area contributed by atoms with Gasteiger partial charge < -0.3 is 9.47 Å². The standard InChI is InChI=1S/C11H14O3/c12-11-6-1-5-3-9-10(13-9)4-8(14-11)7(5)2-6/h5-10H,1-4H2/t5-,6-,7-,8+,9+,10-/m0/s1. The van der Waals surface area contributed by atoms with Crippen LogP contribution >= 0.6 is 0 Å². The third-order valence-electron chi connectivity index (χ3n) is 4.52. The molecule has 0 spiro atoms. The first-order valence-corrected chi connectivity index (χ1v) is 5.67. The number of ether oxygens (including phenoxy) is 2. The lowest BCUT2D eigenvalue weighted by Crippen LogP contribution is -2.34. The molecule has 0 aromatic carbocycles. The smallest absolute Gasteiger partial charge is 0.309 e. The molecule has 3 heteroatoms. The molecular weight excluding hydrogens is 180 g/mol. The van der Waals surface area contributed by atoms with Gasteiger partial charge in [-0.05, 0) is 31.1 Å². The van der Waals surface area contributed by atoms with Crippen LogP contribution in [0, 0.1) is 17.8 Å². The summed E-state index contributed by atoms with van der Waals surface area (Å²) in [5.74, 6) is 1.65. The minimum atomic E-state index is 0.0628. The summed E-state index contributed by atoms with van der Waals surface area (Å²) in [6.45, 7) is 0. The number of hydrogen-bond acceptors (Lipinski definition) is 3. The van der Waals surface area contributed by atoms with Crippen molar-refractivity contribution in [1.82, 2.24) is 0 Å². The Morgan fingerprint density at radius 1 is 1.00 bits per heavy atom. The molecule has 4 rings (SSSR count). The Morgan fingerprint density at radius 3 is 2.79 bits per heavy atom. The summed E-state index contributed by atoms with van der Waals surface area (Å²) in [5, 5.41) is 0. The molecule has 0 unspecified atom stereocenters. The van der Waals surface area contributed by atoms with Crippen LogP contribution in [0.15, 0.2) is 0 Å². The van der Waals surface area contributed by atoms with E-state index < -0.39 is 0 Å². The van der Waals surface area contributed by atoms with Crippen molar-refractivity contribution in [2.24, 2.45) is 17.8 Å². The monoisotopic (exact) mass is 194 g/mol. The van der Waals surface area contributed by atoms with Gasteiger partial charge in [-0.25, -0.2) is 0 Å². The predicted octanol–water partition coefficient (Wildman–Crippen LogP) is 1.12. The molecule has 2 saturated carbocycles. The molecule has 0 aromatic rings. The van der Waals surface area contributed by atoms with E-state index in [2.05, 4.69) is 0 Å². The molecule has 2 bridgehead atoms. The van der Waals surface area contributed by atoms with Gasteiger partial charge in [0.05, 0.1) is 18.1 Å². The van der Waals surface area contributed by atoms with E-state index in [4.69, 9.17) is 9.47 Å². The molecule has 0 amide bonds. The van der Waals surface area contributed by atoms with E-state index >= 15 is 0 Å². The summed E-state index contributed by atoms with van der Waals surface area (Å²) in [7, 11) is 0. The molecule has 76 valence electrons. The molecule has 0 aromatic heterocycles. The largest absolute Gasteiger partial charge is 0.462 e. The first kappa shape index (κ1) is 7.69. The first-order valence-electron chi connectivity index (χ1n) is 5.67. The average Bonchev–Trinajstić information content (AvgIpc) is 2.77. The van der Waals surface area contributed by atoms with E-state index in [0.717, 1.165) is 19.3 Å². The zero-order valence-corrected chi connectivity index (χ0v) is 8.02. The lowest BCUT2D eigenvalue weighted by Gasteiger charge is -2.29. The van der Waals surface area contributed by atoms with E-state index in [0.29, 0.717) is 24.0 Å². The van der Waals surface area contributed by atoms with Crippen molar-refractivity contribution in [2.75, 3.05) is 0 Å². The third-order valence-corrected chi connectivity index (χ3v) is 4.52. The summed E-state index contributed by atoms with van der Waals surface area (Å²) in [6, 6.07) is 0. The Morgan fingerprint density at radius 2 is 1.86 bits per heavy atom. The first-order chi connectivity index (χ1) is 6.81. The average molecular weight is 194 g/mol. The second-order valence-electron chi connectivity index (χ2n) is 5.25. The van der Waals surface area contributed by atoms with Gasteiger partial charge in [0.2, 0.25) is 0 Å². The fraction of sp³-hybridized carbons (Fsp3) is 0.909. The number of hydrogen-bond donors (Lipinski definition) is 0. The minimum Gasteiger partial charge on any atom is -0.462 e. The maximum Gasteiger partial charge on any atom is 0.309 e.